The molecule has 1 fully saturated rings. The van der Waals surface area contributed by atoms with Gasteiger partial charge in [-0.1, -0.05) is 13.8 Å². The monoisotopic (exact) mass is 278 g/mol. The van der Waals surface area contributed by atoms with Crippen LogP contribution in [-0.2, 0) is 6.42 Å². The van der Waals surface area contributed by atoms with E-state index >= 15 is 0 Å². The lowest BCUT2D eigenvalue weighted by Gasteiger charge is -2.45. The molecule has 0 amide bonds. The van der Waals surface area contributed by atoms with Crippen molar-refractivity contribution < 1.29 is 4.42 Å². The van der Waals surface area contributed by atoms with Crippen molar-refractivity contribution in [3.05, 3.63) is 24.2 Å². The molecule has 1 N–H and O–H groups in total. The van der Waals surface area contributed by atoms with E-state index in [4.69, 9.17) is 4.42 Å². The molecule has 20 heavy (non-hydrogen) atoms. The van der Waals surface area contributed by atoms with Crippen LogP contribution in [0, 0.1) is 0 Å². The first-order valence-electron chi connectivity index (χ1n) is 8.20. The van der Waals surface area contributed by atoms with Crippen LogP contribution in [0.25, 0.3) is 0 Å². The maximum atomic E-state index is 5.25. The van der Waals surface area contributed by atoms with Gasteiger partial charge in [-0.3, -0.25) is 4.90 Å². The lowest BCUT2D eigenvalue weighted by atomic mass is 9.84. The molecule has 1 aromatic heterocycles. The fraction of sp³-hybridized carbons (Fsp3) is 0.765. The zero-order valence-corrected chi connectivity index (χ0v) is 13.3. The Kier molecular flexibility index (Phi) is 5.67. The third-order valence-corrected chi connectivity index (χ3v) is 4.96. The van der Waals surface area contributed by atoms with Gasteiger partial charge in [0.1, 0.15) is 0 Å². The van der Waals surface area contributed by atoms with Gasteiger partial charge in [-0.25, -0.2) is 0 Å². The van der Waals surface area contributed by atoms with E-state index < -0.39 is 0 Å². The Bertz CT molecular complexity index is 370. The fourth-order valence-electron chi connectivity index (χ4n) is 3.39. The molecule has 2 heterocycles. The Morgan fingerprint density at radius 2 is 2.10 bits per heavy atom. The number of nitrogens with one attached hydrogen (secondary N) is 1. The second-order valence-corrected chi connectivity index (χ2v) is 6.25. The molecule has 1 aromatic rings. The molecule has 0 aromatic carbocycles. The van der Waals surface area contributed by atoms with E-state index in [9.17, 15) is 0 Å². The van der Waals surface area contributed by atoms with Crippen LogP contribution in [0.5, 0.6) is 0 Å². The minimum atomic E-state index is 0.239. The second kappa shape index (κ2) is 7.28. The highest BCUT2D eigenvalue weighted by atomic mass is 16.3. The molecule has 114 valence electrons. The summed E-state index contributed by atoms with van der Waals surface area (Å²) >= 11 is 0. The SMILES string of the molecule is CCCNC(Cc1ccoc1)C(C)(CC)N1CCCC1. The molecular formula is C17H30N2O. The second-order valence-electron chi connectivity index (χ2n) is 6.25. The van der Waals surface area contributed by atoms with Crippen molar-refractivity contribution in [1.29, 1.82) is 0 Å². The maximum absolute atomic E-state index is 5.25. The molecule has 2 unspecified atom stereocenters. The van der Waals surface area contributed by atoms with Gasteiger partial charge >= 0.3 is 0 Å². The van der Waals surface area contributed by atoms with Crippen molar-refractivity contribution in [2.24, 2.45) is 0 Å². The van der Waals surface area contributed by atoms with Crippen LogP contribution < -0.4 is 5.32 Å². The summed E-state index contributed by atoms with van der Waals surface area (Å²) in [6.45, 7) is 10.6. The summed E-state index contributed by atoms with van der Waals surface area (Å²) in [6.07, 6.45) is 9.79. The number of furan rings is 1. The minimum Gasteiger partial charge on any atom is -0.472 e. The Labute approximate surface area is 123 Å². The van der Waals surface area contributed by atoms with Crippen molar-refractivity contribution >= 4 is 0 Å². The summed E-state index contributed by atoms with van der Waals surface area (Å²) in [5.74, 6) is 0. The lowest BCUT2D eigenvalue weighted by molar-refractivity contribution is 0.0839. The van der Waals surface area contributed by atoms with Gasteiger partial charge in [0.25, 0.3) is 0 Å². The third kappa shape index (κ3) is 3.44. The largest absolute Gasteiger partial charge is 0.472 e. The average Bonchev–Trinajstić information content (AvgIpc) is 3.15. The molecule has 3 nitrogen and oxygen atoms in total. The standard InChI is InChI=1S/C17H30N2O/c1-4-9-18-16(13-15-8-12-20-14-15)17(3,5-2)19-10-6-7-11-19/h8,12,14,16,18H,4-7,9-11,13H2,1-3H3. The van der Waals surface area contributed by atoms with Gasteiger partial charge in [0.15, 0.2) is 0 Å². The van der Waals surface area contributed by atoms with Crippen molar-refractivity contribution in [2.45, 2.75) is 64.5 Å². The van der Waals surface area contributed by atoms with Gasteiger partial charge in [0.05, 0.1) is 12.5 Å². The smallest absolute Gasteiger partial charge is 0.0935 e. The van der Waals surface area contributed by atoms with Crippen LogP contribution in [0.1, 0.15) is 52.0 Å². The highest BCUT2D eigenvalue weighted by Gasteiger charge is 2.39. The Morgan fingerprint density at radius 3 is 2.65 bits per heavy atom. The van der Waals surface area contributed by atoms with E-state index in [-0.39, 0.29) is 5.54 Å². The summed E-state index contributed by atoms with van der Waals surface area (Å²) in [6, 6.07) is 2.59. The van der Waals surface area contributed by atoms with Crippen molar-refractivity contribution in [3.8, 4) is 0 Å². The number of hydrogen-bond acceptors (Lipinski definition) is 3. The number of nitrogens with zero attached hydrogens (tertiary/aromatic N) is 1. The Morgan fingerprint density at radius 1 is 1.35 bits per heavy atom. The molecule has 0 aliphatic carbocycles. The Hall–Kier alpha value is -0.800. The highest BCUT2D eigenvalue weighted by Crippen LogP contribution is 2.29. The zero-order chi connectivity index (χ0) is 14.4. The van der Waals surface area contributed by atoms with Crippen LogP contribution in [0.15, 0.2) is 23.0 Å². The molecule has 0 spiro atoms. The van der Waals surface area contributed by atoms with Crippen LogP contribution in [0.4, 0.5) is 0 Å². The van der Waals surface area contributed by atoms with Gasteiger partial charge in [-0.15, -0.1) is 0 Å². The first kappa shape index (κ1) is 15.6. The fourth-order valence-corrected chi connectivity index (χ4v) is 3.39. The number of likely N-dealkylation sites (tertiary alicyclic amines) is 1. The van der Waals surface area contributed by atoms with Crippen LogP contribution >= 0.6 is 0 Å². The first-order chi connectivity index (χ1) is 9.70. The third-order valence-electron chi connectivity index (χ3n) is 4.96. The summed E-state index contributed by atoms with van der Waals surface area (Å²) in [5.41, 5.74) is 1.54. The predicted molar refractivity (Wildman–Crippen MR) is 84.0 cm³/mol. The summed E-state index contributed by atoms with van der Waals surface area (Å²) in [5, 5.41) is 3.79. The van der Waals surface area contributed by atoms with Gasteiger partial charge in [-0.2, -0.15) is 0 Å². The van der Waals surface area contributed by atoms with E-state index in [2.05, 4.69) is 37.1 Å². The topological polar surface area (TPSA) is 28.4 Å². The van der Waals surface area contributed by atoms with E-state index in [1.807, 2.05) is 6.26 Å². The normalized spacial score (nSPS) is 20.9. The van der Waals surface area contributed by atoms with Gasteiger partial charge in [0, 0.05) is 11.6 Å². The number of rotatable bonds is 8. The lowest BCUT2D eigenvalue weighted by Crippen LogP contribution is -2.59. The zero-order valence-electron chi connectivity index (χ0n) is 13.3. The maximum Gasteiger partial charge on any atom is 0.0935 e. The summed E-state index contributed by atoms with van der Waals surface area (Å²) in [7, 11) is 0. The van der Waals surface area contributed by atoms with E-state index in [0.29, 0.717) is 6.04 Å². The molecule has 0 bridgehead atoms. The van der Waals surface area contributed by atoms with Crippen molar-refractivity contribution in [2.75, 3.05) is 19.6 Å². The molecule has 1 aliphatic rings. The predicted octanol–water partition coefficient (Wildman–Crippen LogP) is 3.45. The summed E-state index contributed by atoms with van der Waals surface area (Å²) in [4.78, 5) is 2.69. The highest BCUT2D eigenvalue weighted by molar-refractivity contribution is 5.11. The molecule has 1 saturated heterocycles. The minimum absolute atomic E-state index is 0.239. The molecule has 1 aliphatic heterocycles. The molecule has 0 radical (unpaired) electrons. The van der Waals surface area contributed by atoms with Gasteiger partial charge in [-0.05, 0) is 70.3 Å². The van der Waals surface area contributed by atoms with Gasteiger partial charge < -0.3 is 9.73 Å². The molecule has 0 saturated carbocycles. The van der Waals surface area contributed by atoms with E-state index in [1.54, 1.807) is 6.26 Å². The average molecular weight is 278 g/mol. The van der Waals surface area contributed by atoms with Crippen LogP contribution in [-0.4, -0.2) is 36.1 Å². The molecular weight excluding hydrogens is 248 g/mol. The van der Waals surface area contributed by atoms with E-state index in [1.165, 1.54) is 44.3 Å². The van der Waals surface area contributed by atoms with Crippen LogP contribution in [0.2, 0.25) is 0 Å². The van der Waals surface area contributed by atoms with Crippen molar-refractivity contribution in [3.63, 3.8) is 0 Å². The molecule has 2 atom stereocenters. The van der Waals surface area contributed by atoms with Crippen molar-refractivity contribution in [1.82, 2.24) is 10.2 Å². The first-order valence-corrected chi connectivity index (χ1v) is 8.20. The Balaban J connectivity index is 2.13. The quantitative estimate of drug-likeness (QED) is 0.789. The van der Waals surface area contributed by atoms with Crippen LogP contribution in [0.3, 0.4) is 0 Å². The number of hydrogen-bond donors (Lipinski definition) is 1. The summed E-state index contributed by atoms with van der Waals surface area (Å²) < 4.78 is 5.25. The van der Waals surface area contributed by atoms with E-state index in [0.717, 1.165) is 13.0 Å². The molecule has 3 heteroatoms. The molecule has 2 rings (SSSR count). The van der Waals surface area contributed by atoms with Gasteiger partial charge in [0.2, 0.25) is 0 Å².